The lowest BCUT2D eigenvalue weighted by atomic mass is 10.0. The standard InChI is InChI=1S/C17H19N3O/c1-10-15(13-5-6-14-12(9-13)7-8-21-14)19-17(11-3-4-11)20-16(10)18-2/h5-6,9,11H,3-4,7-8H2,1-2H3,(H,18,19,20). The average Bonchev–Trinajstić information content (AvgIpc) is 3.25. The van der Waals surface area contributed by atoms with Crippen molar-refractivity contribution < 1.29 is 4.74 Å². The third kappa shape index (κ3) is 2.15. The first kappa shape index (κ1) is 12.6. The van der Waals surface area contributed by atoms with Crippen LogP contribution in [-0.2, 0) is 6.42 Å². The Morgan fingerprint density at radius 3 is 2.86 bits per heavy atom. The third-order valence-electron chi connectivity index (χ3n) is 4.31. The van der Waals surface area contributed by atoms with Crippen LogP contribution < -0.4 is 10.1 Å². The van der Waals surface area contributed by atoms with Crippen LogP contribution in [0.3, 0.4) is 0 Å². The lowest BCUT2D eigenvalue weighted by molar-refractivity contribution is 0.357. The number of rotatable bonds is 3. The molecule has 2 heterocycles. The Morgan fingerprint density at radius 1 is 1.24 bits per heavy atom. The minimum Gasteiger partial charge on any atom is -0.493 e. The molecule has 0 amide bonds. The van der Waals surface area contributed by atoms with Crippen molar-refractivity contribution >= 4 is 5.82 Å². The van der Waals surface area contributed by atoms with Crippen LogP contribution in [0.25, 0.3) is 11.3 Å². The van der Waals surface area contributed by atoms with Crippen LogP contribution in [0.15, 0.2) is 18.2 Å². The molecular formula is C17H19N3O. The summed E-state index contributed by atoms with van der Waals surface area (Å²) in [5.74, 6) is 3.49. The van der Waals surface area contributed by atoms with Gasteiger partial charge in [0.05, 0.1) is 12.3 Å². The number of anilines is 1. The third-order valence-corrected chi connectivity index (χ3v) is 4.31. The van der Waals surface area contributed by atoms with Crippen molar-refractivity contribution in [1.82, 2.24) is 9.97 Å². The summed E-state index contributed by atoms with van der Waals surface area (Å²) in [6.07, 6.45) is 3.41. The summed E-state index contributed by atoms with van der Waals surface area (Å²) in [4.78, 5) is 9.51. The number of fused-ring (bicyclic) bond motifs is 1. The molecule has 1 fully saturated rings. The Balaban J connectivity index is 1.84. The zero-order valence-electron chi connectivity index (χ0n) is 12.4. The number of benzene rings is 1. The predicted octanol–water partition coefficient (Wildman–Crippen LogP) is 3.31. The summed E-state index contributed by atoms with van der Waals surface area (Å²) in [6.45, 7) is 2.87. The van der Waals surface area contributed by atoms with E-state index in [1.807, 2.05) is 7.05 Å². The van der Waals surface area contributed by atoms with Gasteiger partial charge >= 0.3 is 0 Å². The van der Waals surface area contributed by atoms with Crippen molar-refractivity contribution in [3.63, 3.8) is 0 Å². The van der Waals surface area contributed by atoms with Gasteiger partial charge in [-0.2, -0.15) is 0 Å². The largest absolute Gasteiger partial charge is 0.493 e. The van der Waals surface area contributed by atoms with Gasteiger partial charge < -0.3 is 10.1 Å². The molecule has 0 atom stereocenters. The maximum Gasteiger partial charge on any atom is 0.134 e. The first-order valence-corrected chi connectivity index (χ1v) is 7.58. The molecule has 1 saturated carbocycles. The fourth-order valence-electron chi connectivity index (χ4n) is 2.92. The molecule has 1 aromatic carbocycles. The van der Waals surface area contributed by atoms with Crippen molar-refractivity contribution in [3.05, 3.63) is 35.2 Å². The first-order chi connectivity index (χ1) is 10.3. The van der Waals surface area contributed by atoms with Gasteiger partial charge in [0.15, 0.2) is 0 Å². The fourth-order valence-corrected chi connectivity index (χ4v) is 2.92. The van der Waals surface area contributed by atoms with Crippen LogP contribution in [0.5, 0.6) is 5.75 Å². The van der Waals surface area contributed by atoms with Crippen LogP contribution in [0.1, 0.15) is 35.7 Å². The minimum absolute atomic E-state index is 0.550. The van der Waals surface area contributed by atoms with E-state index < -0.39 is 0 Å². The maximum atomic E-state index is 5.59. The summed E-state index contributed by atoms with van der Waals surface area (Å²) in [5.41, 5.74) is 4.61. The Hall–Kier alpha value is -2.10. The summed E-state index contributed by atoms with van der Waals surface area (Å²) < 4.78 is 5.59. The molecule has 2 aliphatic rings. The topological polar surface area (TPSA) is 47.0 Å². The van der Waals surface area contributed by atoms with Gasteiger partial charge in [-0.25, -0.2) is 9.97 Å². The number of ether oxygens (including phenoxy) is 1. The molecule has 1 aromatic heterocycles. The van der Waals surface area contributed by atoms with E-state index in [4.69, 9.17) is 9.72 Å². The van der Waals surface area contributed by atoms with Gasteiger partial charge in [0.2, 0.25) is 0 Å². The van der Waals surface area contributed by atoms with E-state index in [0.29, 0.717) is 5.92 Å². The lowest BCUT2D eigenvalue weighted by Gasteiger charge is -2.13. The summed E-state index contributed by atoms with van der Waals surface area (Å²) in [6, 6.07) is 6.39. The molecule has 0 saturated heterocycles. The van der Waals surface area contributed by atoms with Gasteiger partial charge in [-0.1, -0.05) is 0 Å². The van der Waals surface area contributed by atoms with E-state index in [9.17, 15) is 0 Å². The highest BCUT2D eigenvalue weighted by Gasteiger charge is 2.28. The smallest absolute Gasteiger partial charge is 0.134 e. The highest BCUT2D eigenvalue weighted by Crippen LogP contribution is 2.40. The van der Waals surface area contributed by atoms with Crippen LogP contribution in [0.2, 0.25) is 0 Å². The van der Waals surface area contributed by atoms with E-state index in [1.54, 1.807) is 0 Å². The maximum absolute atomic E-state index is 5.59. The first-order valence-electron chi connectivity index (χ1n) is 7.58. The number of hydrogen-bond donors (Lipinski definition) is 1. The lowest BCUT2D eigenvalue weighted by Crippen LogP contribution is -2.04. The highest BCUT2D eigenvalue weighted by molar-refractivity contribution is 5.70. The quantitative estimate of drug-likeness (QED) is 0.937. The molecule has 108 valence electrons. The van der Waals surface area contributed by atoms with Gasteiger partial charge in [0.1, 0.15) is 17.4 Å². The van der Waals surface area contributed by atoms with Crippen LogP contribution in [0, 0.1) is 6.92 Å². The van der Waals surface area contributed by atoms with Crippen LogP contribution in [-0.4, -0.2) is 23.6 Å². The molecule has 1 aliphatic heterocycles. The molecule has 0 radical (unpaired) electrons. The Bertz CT molecular complexity index is 707. The van der Waals surface area contributed by atoms with Crippen molar-refractivity contribution in [3.8, 4) is 17.0 Å². The van der Waals surface area contributed by atoms with Gasteiger partial charge in [0.25, 0.3) is 0 Å². The molecule has 0 bridgehead atoms. The molecule has 4 heteroatoms. The SMILES string of the molecule is CNc1nc(C2CC2)nc(-c2ccc3c(c2)CCO3)c1C. The normalized spacial score (nSPS) is 16.5. The average molecular weight is 281 g/mol. The van der Waals surface area contributed by atoms with E-state index in [2.05, 4.69) is 35.4 Å². The van der Waals surface area contributed by atoms with Crippen molar-refractivity contribution in [2.75, 3.05) is 19.0 Å². The van der Waals surface area contributed by atoms with Crippen molar-refractivity contribution in [2.24, 2.45) is 0 Å². The summed E-state index contributed by atoms with van der Waals surface area (Å²) in [7, 11) is 1.92. The second kappa shape index (κ2) is 4.72. The molecule has 4 rings (SSSR count). The van der Waals surface area contributed by atoms with E-state index >= 15 is 0 Å². The van der Waals surface area contributed by atoms with E-state index in [1.165, 1.54) is 18.4 Å². The van der Waals surface area contributed by atoms with Crippen LogP contribution in [0.4, 0.5) is 5.82 Å². The Labute approximate surface area is 124 Å². The zero-order chi connectivity index (χ0) is 14.4. The Morgan fingerprint density at radius 2 is 2.10 bits per heavy atom. The Kier molecular flexibility index (Phi) is 2.84. The monoisotopic (exact) mass is 281 g/mol. The van der Waals surface area contributed by atoms with Crippen LogP contribution >= 0.6 is 0 Å². The van der Waals surface area contributed by atoms with Gasteiger partial charge in [0, 0.05) is 30.5 Å². The summed E-state index contributed by atoms with van der Waals surface area (Å²) >= 11 is 0. The molecule has 1 aliphatic carbocycles. The predicted molar refractivity (Wildman–Crippen MR) is 82.9 cm³/mol. The molecule has 0 spiro atoms. The van der Waals surface area contributed by atoms with E-state index in [-0.39, 0.29) is 0 Å². The zero-order valence-corrected chi connectivity index (χ0v) is 12.4. The summed E-state index contributed by atoms with van der Waals surface area (Å²) in [5, 5.41) is 3.20. The van der Waals surface area contributed by atoms with Gasteiger partial charge in [-0.05, 0) is 43.5 Å². The fraction of sp³-hybridized carbons (Fsp3) is 0.412. The molecule has 2 aromatic rings. The molecular weight excluding hydrogens is 262 g/mol. The number of nitrogens with zero attached hydrogens (tertiary/aromatic N) is 2. The number of hydrogen-bond acceptors (Lipinski definition) is 4. The second-order valence-corrected chi connectivity index (χ2v) is 5.85. The number of nitrogens with one attached hydrogen (secondary N) is 1. The van der Waals surface area contributed by atoms with Gasteiger partial charge in [-0.3, -0.25) is 0 Å². The minimum atomic E-state index is 0.550. The molecule has 0 unspecified atom stereocenters. The van der Waals surface area contributed by atoms with E-state index in [0.717, 1.165) is 47.2 Å². The molecule has 1 N–H and O–H groups in total. The highest BCUT2D eigenvalue weighted by atomic mass is 16.5. The van der Waals surface area contributed by atoms with Crippen molar-refractivity contribution in [2.45, 2.75) is 32.1 Å². The van der Waals surface area contributed by atoms with Gasteiger partial charge in [-0.15, -0.1) is 0 Å². The second-order valence-electron chi connectivity index (χ2n) is 5.85. The molecule has 4 nitrogen and oxygen atoms in total. The van der Waals surface area contributed by atoms with Crippen molar-refractivity contribution in [1.29, 1.82) is 0 Å². The number of aromatic nitrogens is 2. The molecule has 21 heavy (non-hydrogen) atoms.